The van der Waals surface area contributed by atoms with Crippen LogP contribution in [-0.2, 0) is 5.41 Å². The average Bonchev–Trinajstić information content (AvgIpc) is 2.26. The van der Waals surface area contributed by atoms with E-state index in [0.717, 1.165) is 5.56 Å². The van der Waals surface area contributed by atoms with Gasteiger partial charge in [0.2, 0.25) is 0 Å². The maximum Gasteiger partial charge on any atom is 0.119 e. The second-order valence-corrected chi connectivity index (χ2v) is 5.84. The van der Waals surface area contributed by atoms with Crippen LogP contribution in [-0.4, -0.2) is 26.8 Å². The molecule has 1 rings (SSSR count). The molecule has 0 fully saturated rings. The van der Waals surface area contributed by atoms with E-state index in [4.69, 9.17) is 0 Å². The summed E-state index contributed by atoms with van der Waals surface area (Å²) in [7, 11) is 0. The molecule has 2 unspecified atom stereocenters. The number of phenols is 1. The Bertz CT molecular complexity index is 385. The molecular weight excluding hydrogens is 284 g/mol. The summed E-state index contributed by atoms with van der Waals surface area (Å²) in [4.78, 5) is 0. The number of benzene rings is 1. The van der Waals surface area contributed by atoms with Gasteiger partial charge in [0.25, 0.3) is 0 Å². The van der Waals surface area contributed by atoms with E-state index in [1.807, 2.05) is 20.8 Å². The van der Waals surface area contributed by atoms with Gasteiger partial charge in [0, 0.05) is 5.33 Å². The van der Waals surface area contributed by atoms with E-state index in [-0.39, 0.29) is 11.2 Å². The largest absolute Gasteiger partial charge is 0.508 e. The van der Waals surface area contributed by atoms with Crippen molar-refractivity contribution in [2.75, 3.05) is 5.33 Å². The summed E-state index contributed by atoms with van der Waals surface area (Å²) < 4.78 is 0. The third kappa shape index (κ3) is 3.44. The number of rotatable bonds is 3. The Labute approximate surface area is 110 Å². The van der Waals surface area contributed by atoms with Crippen LogP contribution in [0.15, 0.2) is 18.2 Å². The predicted octanol–water partition coefficient (Wildman–Crippen LogP) is 2.48. The molecule has 0 saturated carbocycles. The Hall–Kier alpha value is -0.580. The molecule has 3 nitrogen and oxygen atoms in total. The Morgan fingerprint density at radius 3 is 2.29 bits per heavy atom. The minimum absolute atomic E-state index is 0.209. The standard InChI is InChI=1S/C13H19BrO3/c1-13(2,3)9-6-8(4-5-10(9)15)12(17)11(16)7-14/h4-6,11-12,15-17H,7H2,1-3H3. The highest BCUT2D eigenvalue weighted by molar-refractivity contribution is 9.09. The van der Waals surface area contributed by atoms with Crippen LogP contribution in [0.1, 0.15) is 38.0 Å². The van der Waals surface area contributed by atoms with E-state index in [1.54, 1.807) is 18.2 Å². The van der Waals surface area contributed by atoms with Gasteiger partial charge in [-0.3, -0.25) is 0 Å². The minimum atomic E-state index is -0.948. The molecule has 0 heterocycles. The number of phenolic OH excluding ortho intramolecular Hbond substituents is 1. The molecule has 0 amide bonds. The van der Waals surface area contributed by atoms with Crippen LogP contribution >= 0.6 is 15.9 Å². The van der Waals surface area contributed by atoms with Crippen molar-refractivity contribution in [1.82, 2.24) is 0 Å². The molecule has 0 aliphatic carbocycles. The smallest absolute Gasteiger partial charge is 0.119 e. The highest BCUT2D eigenvalue weighted by Gasteiger charge is 2.22. The van der Waals surface area contributed by atoms with E-state index in [2.05, 4.69) is 15.9 Å². The van der Waals surface area contributed by atoms with Crippen molar-refractivity contribution >= 4 is 15.9 Å². The number of hydrogen-bond donors (Lipinski definition) is 3. The van der Waals surface area contributed by atoms with Gasteiger partial charge in [0.05, 0.1) is 6.10 Å². The lowest BCUT2D eigenvalue weighted by Crippen LogP contribution is -2.20. The van der Waals surface area contributed by atoms with E-state index in [1.165, 1.54) is 0 Å². The molecule has 0 bridgehead atoms. The van der Waals surface area contributed by atoms with Crippen LogP contribution in [0.3, 0.4) is 0 Å². The molecular formula is C13H19BrO3. The van der Waals surface area contributed by atoms with Gasteiger partial charge in [-0.1, -0.05) is 42.8 Å². The Kier molecular flexibility index (Phi) is 4.58. The first kappa shape index (κ1) is 14.5. The monoisotopic (exact) mass is 302 g/mol. The number of halogens is 1. The van der Waals surface area contributed by atoms with Crippen LogP contribution in [0.4, 0.5) is 0 Å². The second kappa shape index (κ2) is 5.38. The molecule has 17 heavy (non-hydrogen) atoms. The summed E-state index contributed by atoms with van der Waals surface area (Å²) in [5, 5.41) is 29.6. The van der Waals surface area contributed by atoms with Gasteiger partial charge < -0.3 is 15.3 Å². The highest BCUT2D eigenvalue weighted by Crippen LogP contribution is 2.33. The molecule has 0 aliphatic rings. The fourth-order valence-electron chi connectivity index (χ4n) is 1.64. The predicted molar refractivity (Wildman–Crippen MR) is 71.6 cm³/mol. The van der Waals surface area contributed by atoms with E-state index in [9.17, 15) is 15.3 Å². The zero-order valence-corrected chi connectivity index (χ0v) is 11.9. The zero-order chi connectivity index (χ0) is 13.2. The van der Waals surface area contributed by atoms with Crippen LogP contribution in [0.5, 0.6) is 5.75 Å². The fourth-order valence-corrected chi connectivity index (χ4v) is 2.00. The van der Waals surface area contributed by atoms with Crippen molar-refractivity contribution in [1.29, 1.82) is 0 Å². The third-order valence-electron chi connectivity index (χ3n) is 2.69. The number of aromatic hydroxyl groups is 1. The average molecular weight is 303 g/mol. The van der Waals surface area contributed by atoms with Crippen LogP contribution in [0, 0.1) is 0 Å². The Morgan fingerprint density at radius 2 is 1.82 bits per heavy atom. The molecule has 1 aromatic carbocycles. The normalized spacial score (nSPS) is 15.6. The summed E-state index contributed by atoms with van der Waals surface area (Å²) in [5.41, 5.74) is 1.16. The van der Waals surface area contributed by atoms with Gasteiger partial charge in [-0.2, -0.15) is 0 Å². The van der Waals surface area contributed by atoms with E-state index < -0.39 is 12.2 Å². The highest BCUT2D eigenvalue weighted by atomic mass is 79.9. The van der Waals surface area contributed by atoms with Crippen LogP contribution < -0.4 is 0 Å². The van der Waals surface area contributed by atoms with Crippen LogP contribution in [0.25, 0.3) is 0 Å². The van der Waals surface area contributed by atoms with Gasteiger partial charge in [-0.15, -0.1) is 0 Å². The van der Waals surface area contributed by atoms with Crippen molar-refractivity contribution in [3.63, 3.8) is 0 Å². The lowest BCUT2D eigenvalue weighted by Gasteiger charge is -2.23. The molecule has 0 saturated heterocycles. The van der Waals surface area contributed by atoms with Gasteiger partial charge in [-0.05, 0) is 28.7 Å². The lowest BCUT2D eigenvalue weighted by molar-refractivity contribution is 0.0341. The number of aliphatic hydroxyl groups is 2. The van der Waals surface area contributed by atoms with Crippen molar-refractivity contribution in [3.05, 3.63) is 29.3 Å². The number of alkyl halides is 1. The van der Waals surface area contributed by atoms with Gasteiger partial charge in [-0.25, -0.2) is 0 Å². The van der Waals surface area contributed by atoms with E-state index in [0.29, 0.717) is 10.9 Å². The minimum Gasteiger partial charge on any atom is -0.508 e. The number of aliphatic hydroxyl groups excluding tert-OH is 2. The Balaban J connectivity index is 3.13. The first-order valence-electron chi connectivity index (χ1n) is 5.53. The first-order chi connectivity index (χ1) is 7.77. The third-order valence-corrected chi connectivity index (χ3v) is 3.36. The molecule has 0 spiro atoms. The Morgan fingerprint density at radius 1 is 1.24 bits per heavy atom. The zero-order valence-electron chi connectivity index (χ0n) is 10.3. The van der Waals surface area contributed by atoms with Crippen molar-refractivity contribution in [3.8, 4) is 5.75 Å². The maximum absolute atomic E-state index is 9.91. The van der Waals surface area contributed by atoms with Crippen molar-refractivity contribution in [2.24, 2.45) is 0 Å². The first-order valence-corrected chi connectivity index (χ1v) is 6.65. The molecule has 1 aromatic rings. The molecule has 0 aliphatic heterocycles. The quantitative estimate of drug-likeness (QED) is 0.752. The lowest BCUT2D eigenvalue weighted by atomic mass is 9.84. The molecule has 2 atom stereocenters. The molecule has 96 valence electrons. The summed E-state index contributed by atoms with van der Waals surface area (Å²) in [6.07, 6.45) is -1.80. The van der Waals surface area contributed by atoms with Crippen molar-refractivity contribution in [2.45, 2.75) is 38.4 Å². The molecule has 0 radical (unpaired) electrons. The van der Waals surface area contributed by atoms with Crippen molar-refractivity contribution < 1.29 is 15.3 Å². The molecule has 0 aromatic heterocycles. The summed E-state index contributed by atoms with van der Waals surface area (Å²) in [6, 6.07) is 4.92. The number of hydrogen-bond acceptors (Lipinski definition) is 3. The summed E-state index contributed by atoms with van der Waals surface area (Å²) in [5.74, 6) is 0.210. The fraction of sp³-hybridized carbons (Fsp3) is 0.538. The van der Waals surface area contributed by atoms with Crippen LogP contribution in [0.2, 0.25) is 0 Å². The summed E-state index contributed by atoms with van der Waals surface area (Å²) in [6.45, 7) is 5.96. The topological polar surface area (TPSA) is 60.7 Å². The van der Waals surface area contributed by atoms with Gasteiger partial charge in [0.1, 0.15) is 11.9 Å². The maximum atomic E-state index is 9.91. The second-order valence-electron chi connectivity index (χ2n) is 5.19. The summed E-state index contributed by atoms with van der Waals surface area (Å²) >= 11 is 3.13. The molecule has 3 N–H and O–H groups in total. The van der Waals surface area contributed by atoms with E-state index >= 15 is 0 Å². The molecule has 4 heteroatoms. The van der Waals surface area contributed by atoms with Gasteiger partial charge in [0.15, 0.2) is 0 Å². The SMILES string of the molecule is CC(C)(C)c1cc(C(O)C(O)CBr)ccc1O. The van der Waals surface area contributed by atoms with Gasteiger partial charge >= 0.3 is 0 Å².